The Kier molecular flexibility index (Phi) is 5.10. The van der Waals surface area contributed by atoms with E-state index in [1.165, 1.54) is 14.7 Å². The third-order valence-corrected chi connectivity index (χ3v) is 4.91. The minimum atomic E-state index is -1.06. The summed E-state index contributed by atoms with van der Waals surface area (Å²) in [4.78, 5) is 39.9. The molecule has 1 fully saturated rings. The zero-order valence-electron chi connectivity index (χ0n) is 16.5. The number of carboxylic acid groups (broad SMARTS) is 1. The molecule has 0 unspecified atom stereocenters. The molecule has 2 heterocycles. The van der Waals surface area contributed by atoms with Gasteiger partial charge in [0.1, 0.15) is 6.10 Å². The highest BCUT2D eigenvalue weighted by Crippen LogP contribution is 2.31. The maximum atomic E-state index is 12.4. The molecule has 0 aliphatic carbocycles. The van der Waals surface area contributed by atoms with E-state index in [2.05, 4.69) is 0 Å². The quantitative estimate of drug-likeness (QED) is 0.850. The highest BCUT2D eigenvalue weighted by molar-refractivity contribution is 5.92. The van der Waals surface area contributed by atoms with Crippen LogP contribution in [0.2, 0.25) is 0 Å². The number of rotatable bonds is 3. The fourth-order valence-electron chi connectivity index (χ4n) is 3.38. The molecule has 3 rings (SSSR count). The van der Waals surface area contributed by atoms with E-state index in [1.54, 1.807) is 40.0 Å². The Labute approximate surface area is 163 Å². The number of amides is 3. The molecule has 1 N–H and O–H groups in total. The predicted molar refractivity (Wildman–Crippen MR) is 102 cm³/mol. The van der Waals surface area contributed by atoms with Crippen molar-refractivity contribution in [3.63, 3.8) is 0 Å². The summed E-state index contributed by atoms with van der Waals surface area (Å²) < 4.78 is 10.5. The molecule has 2 aliphatic rings. The van der Waals surface area contributed by atoms with Crippen LogP contribution in [0.25, 0.3) is 0 Å². The van der Waals surface area contributed by atoms with Crippen LogP contribution in [0.15, 0.2) is 18.2 Å². The van der Waals surface area contributed by atoms with Gasteiger partial charge >= 0.3 is 18.3 Å². The Morgan fingerprint density at radius 3 is 2.64 bits per heavy atom. The molecule has 0 radical (unpaired) electrons. The lowest BCUT2D eigenvalue weighted by molar-refractivity contribution is 0.0605. The summed E-state index contributed by atoms with van der Waals surface area (Å²) in [6, 6.07) is 5.36. The van der Waals surface area contributed by atoms with Crippen LogP contribution in [0.4, 0.5) is 25.8 Å². The second-order valence-electron chi connectivity index (χ2n) is 7.92. The van der Waals surface area contributed by atoms with E-state index in [4.69, 9.17) is 9.47 Å². The van der Waals surface area contributed by atoms with Crippen molar-refractivity contribution in [2.24, 2.45) is 0 Å². The number of anilines is 2. The van der Waals surface area contributed by atoms with Crippen LogP contribution in [-0.2, 0) is 15.9 Å². The normalized spacial score (nSPS) is 19.6. The van der Waals surface area contributed by atoms with Gasteiger partial charge in [0.15, 0.2) is 0 Å². The second-order valence-corrected chi connectivity index (χ2v) is 7.92. The largest absolute Gasteiger partial charge is 0.465 e. The van der Waals surface area contributed by atoms with Gasteiger partial charge in [-0.2, -0.15) is 0 Å². The maximum absolute atomic E-state index is 12.4. The fraction of sp³-hybridized carbons (Fsp3) is 0.526. The Bertz CT molecular complexity index is 803. The van der Waals surface area contributed by atoms with Crippen LogP contribution in [0, 0.1) is 0 Å². The van der Waals surface area contributed by atoms with Gasteiger partial charge in [0.05, 0.1) is 25.4 Å². The summed E-state index contributed by atoms with van der Waals surface area (Å²) in [6.45, 7) is 6.00. The van der Waals surface area contributed by atoms with E-state index < -0.39 is 29.9 Å². The van der Waals surface area contributed by atoms with Crippen LogP contribution in [0.3, 0.4) is 0 Å². The van der Waals surface area contributed by atoms with Gasteiger partial charge < -0.3 is 14.6 Å². The third-order valence-electron chi connectivity index (χ3n) is 4.91. The molecular weight excluding hydrogens is 366 g/mol. The predicted octanol–water partition coefficient (Wildman–Crippen LogP) is 2.92. The molecule has 2 aliphatic heterocycles. The van der Waals surface area contributed by atoms with E-state index in [9.17, 15) is 19.5 Å². The first-order chi connectivity index (χ1) is 13.1. The SMILES string of the molecule is CN1C(=O)OCCc2cc(N3C[C@@H](CN(C(=O)O)C(C)(C)C)OC3=O)ccc21. The molecular formula is C19H25N3O6. The van der Waals surface area contributed by atoms with Crippen molar-refractivity contribution in [3.05, 3.63) is 23.8 Å². The first-order valence-corrected chi connectivity index (χ1v) is 9.10. The van der Waals surface area contributed by atoms with Crippen LogP contribution < -0.4 is 9.80 Å². The van der Waals surface area contributed by atoms with Gasteiger partial charge in [-0.3, -0.25) is 14.7 Å². The van der Waals surface area contributed by atoms with E-state index in [-0.39, 0.29) is 19.7 Å². The molecule has 0 spiro atoms. The lowest BCUT2D eigenvalue weighted by Crippen LogP contribution is -2.49. The fourth-order valence-corrected chi connectivity index (χ4v) is 3.38. The van der Waals surface area contributed by atoms with Gasteiger partial charge in [-0.15, -0.1) is 0 Å². The average Bonchev–Trinajstić information content (AvgIpc) is 2.91. The summed E-state index contributed by atoms with van der Waals surface area (Å²) in [5.41, 5.74) is 1.67. The number of hydrogen-bond acceptors (Lipinski definition) is 5. The topological polar surface area (TPSA) is 99.6 Å². The first kappa shape index (κ1) is 19.8. The molecule has 9 heteroatoms. The highest BCUT2D eigenvalue weighted by Gasteiger charge is 2.37. The van der Waals surface area contributed by atoms with Crippen molar-refractivity contribution < 1.29 is 29.0 Å². The van der Waals surface area contributed by atoms with Crippen molar-refractivity contribution >= 4 is 29.7 Å². The molecule has 1 saturated heterocycles. The zero-order chi connectivity index (χ0) is 20.6. The molecule has 9 nitrogen and oxygen atoms in total. The van der Waals surface area contributed by atoms with E-state index in [1.807, 2.05) is 6.07 Å². The molecule has 152 valence electrons. The van der Waals surface area contributed by atoms with Crippen LogP contribution in [-0.4, -0.2) is 66.7 Å². The summed E-state index contributed by atoms with van der Waals surface area (Å²) in [6.07, 6.45) is -2.00. The smallest absolute Gasteiger partial charge is 0.414 e. The summed E-state index contributed by atoms with van der Waals surface area (Å²) in [7, 11) is 1.64. The summed E-state index contributed by atoms with van der Waals surface area (Å²) >= 11 is 0. The molecule has 1 atom stereocenters. The maximum Gasteiger partial charge on any atom is 0.414 e. The van der Waals surface area contributed by atoms with Gasteiger partial charge in [-0.25, -0.2) is 14.4 Å². The Hall–Kier alpha value is -2.97. The number of benzene rings is 1. The number of ether oxygens (including phenoxy) is 2. The summed E-state index contributed by atoms with van der Waals surface area (Å²) in [5, 5.41) is 9.45. The van der Waals surface area contributed by atoms with Crippen LogP contribution in [0.1, 0.15) is 26.3 Å². The molecule has 1 aromatic rings. The van der Waals surface area contributed by atoms with E-state index in [0.717, 1.165) is 11.3 Å². The molecule has 1 aromatic carbocycles. The molecule has 3 amide bonds. The van der Waals surface area contributed by atoms with Gasteiger partial charge in [0.2, 0.25) is 0 Å². The van der Waals surface area contributed by atoms with Crippen molar-refractivity contribution in [2.45, 2.75) is 38.8 Å². The Morgan fingerprint density at radius 1 is 1.29 bits per heavy atom. The van der Waals surface area contributed by atoms with Crippen molar-refractivity contribution in [2.75, 3.05) is 36.5 Å². The van der Waals surface area contributed by atoms with Crippen LogP contribution >= 0.6 is 0 Å². The number of hydrogen-bond donors (Lipinski definition) is 1. The molecule has 0 bridgehead atoms. The monoisotopic (exact) mass is 391 g/mol. The van der Waals surface area contributed by atoms with Crippen molar-refractivity contribution in [3.8, 4) is 0 Å². The Morgan fingerprint density at radius 2 is 2.00 bits per heavy atom. The minimum Gasteiger partial charge on any atom is -0.465 e. The number of fused-ring (bicyclic) bond motifs is 1. The average molecular weight is 391 g/mol. The zero-order valence-corrected chi connectivity index (χ0v) is 16.5. The van der Waals surface area contributed by atoms with Crippen molar-refractivity contribution in [1.82, 2.24) is 4.90 Å². The van der Waals surface area contributed by atoms with Gasteiger partial charge in [-0.1, -0.05) is 0 Å². The second kappa shape index (κ2) is 7.21. The molecule has 0 saturated carbocycles. The lowest BCUT2D eigenvalue weighted by atomic mass is 10.1. The van der Waals surface area contributed by atoms with Crippen molar-refractivity contribution in [1.29, 1.82) is 0 Å². The van der Waals surface area contributed by atoms with Gasteiger partial charge in [0.25, 0.3) is 0 Å². The Balaban J connectivity index is 1.78. The lowest BCUT2D eigenvalue weighted by Gasteiger charge is -2.34. The van der Waals surface area contributed by atoms with E-state index in [0.29, 0.717) is 12.1 Å². The third kappa shape index (κ3) is 3.83. The highest BCUT2D eigenvalue weighted by atomic mass is 16.6. The van der Waals surface area contributed by atoms with Gasteiger partial charge in [0, 0.05) is 24.7 Å². The first-order valence-electron chi connectivity index (χ1n) is 9.10. The standard InChI is InChI=1S/C19H25N3O6/c1-19(2,3)22(16(23)24)11-14-10-21(18(26)28-14)13-5-6-15-12(9-13)7-8-27-17(25)20(15)4/h5-6,9,14H,7-8,10-11H2,1-4H3,(H,23,24)/t14-/m0/s1. The van der Waals surface area contributed by atoms with E-state index >= 15 is 0 Å². The number of carbonyl (C=O) groups is 3. The van der Waals surface area contributed by atoms with Gasteiger partial charge in [-0.05, 0) is 44.5 Å². The molecule has 0 aromatic heterocycles. The number of carbonyl (C=O) groups excluding carboxylic acids is 2. The number of cyclic esters (lactones) is 2. The van der Waals surface area contributed by atoms with Crippen LogP contribution in [0.5, 0.6) is 0 Å². The number of nitrogens with zero attached hydrogens (tertiary/aromatic N) is 3. The molecule has 28 heavy (non-hydrogen) atoms. The summed E-state index contributed by atoms with van der Waals surface area (Å²) in [5.74, 6) is 0. The minimum absolute atomic E-state index is 0.0943.